The third-order valence-corrected chi connectivity index (χ3v) is 1.88. The van der Waals surface area contributed by atoms with Gasteiger partial charge in [0.1, 0.15) is 5.82 Å². The van der Waals surface area contributed by atoms with Crippen LogP contribution in [-0.4, -0.2) is 17.8 Å². The highest BCUT2D eigenvalue weighted by Crippen LogP contribution is 2.31. The zero-order valence-electron chi connectivity index (χ0n) is 8.48. The van der Waals surface area contributed by atoms with Crippen molar-refractivity contribution in [2.75, 3.05) is 11.9 Å². The summed E-state index contributed by atoms with van der Waals surface area (Å²) in [6.07, 6.45) is -5.27. The summed E-state index contributed by atoms with van der Waals surface area (Å²) in [5.41, 5.74) is -1.20. The van der Waals surface area contributed by atoms with Gasteiger partial charge in [0.2, 0.25) is 0 Å². The van der Waals surface area contributed by atoms with Gasteiger partial charge < -0.3 is 10.4 Å². The zero-order valence-corrected chi connectivity index (χ0v) is 8.48. The number of benzene rings is 1. The largest absolute Gasteiger partial charge is 0.416 e. The number of aliphatic hydroxyl groups is 1. The van der Waals surface area contributed by atoms with Crippen LogP contribution in [0.25, 0.3) is 0 Å². The normalized spacial score (nSPS) is 13.6. The van der Waals surface area contributed by atoms with Crippen LogP contribution >= 0.6 is 0 Å². The molecule has 0 spiro atoms. The van der Waals surface area contributed by atoms with Gasteiger partial charge in [-0.2, -0.15) is 13.2 Å². The molecule has 1 aromatic carbocycles. The van der Waals surface area contributed by atoms with Crippen LogP contribution in [0, 0.1) is 5.82 Å². The van der Waals surface area contributed by atoms with E-state index >= 15 is 0 Å². The Bertz CT molecular complexity index is 362. The first-order valence-electron chi connectivity index (χ1n) is 4.59. The standard InChI is InChI=1S/C10H11F4NO/c1-6(16)5-15-9-4-7(10(12,13)14)2-3-8(9)11/h2-4,6,15-16H,5H2,1H3/t6-/m0/s1. The van der Waals surface area contributed by atoms with E-state index in [-0.39, 0.29) is 12.2 Å². The lowest BCUT2D eigenvalue weighted by molar-refractivity contribution is -0.137. The molecule has 1 aromatic rings. The van der Waals surface area contributed by atoms with Crippen molar-refractivity contribution in [2.24, 2.45) is 0 Å². The predicted molar refractivity (Wildman–Crippen MR) is 51.6 cm³/mol. The highest BCUT2D eigenvalue weighted by molar-refractivity contribution is 5.48. The molecule has 0 heterocycles. The fourth-order valence-electron chi connectivity index (χ4n) is 1.09. The summed E-state index contributed by atoms with van der Waals surface area (Å²) in [5, 5.41) is 11.3. The molecule has 0 unspecified atom stereocenters. The quantitative estimate of drug-likeness (QED) is 0.792. The molecular weight excluding hydrogens is 226 g/mol. The number of halogens is 4. The van der Waals surface area contributed by atoms with E-state index in [1.165, 1.54) is 6.92 Å². The third kappa shape index (κ3) is 3.37. The van der Waals surface area contributed by atoms with Crippen LogP contribution in [0.1, 0.15) is 12.5 Å². The van der Waals surface area contributed by atoms with Crippen molar-refractivity contribution in [1.82, 2.24) is 0 Å². The van der Waals surface area contributed by atoms with Crippen LogP contribution < -0.4 is 5.32 Å². The Morgan fingerprint density at radius 2 is 2.00 bits per heavy atom. The monoisotopic (exact) mass is 237 g/mol. The first-order chi connectivity index (χ1) is 7.30. The molecule has 6 heteroatoms. The molecule has 0 saturated carbocycles. The SMILES string of the molecule is C[C@H](O)CNc1cc(C(F)(F)F)ccc1F. The van der Waals surface area contributed by atoms with Crippen LogP contribution in [0.3, 0.4) is 0 Å². The summed E-state index contributed by atoms with van der Waals surface area (Å²) >= 11 is 0. The van der Waals surface area contributed by atoms with Crippen LogP contribution in [0.5, 0.6) is 0 Å². The lowest BCUT2D eigenvalue weighted by atomic mass is 10.2. The van der Waals surface area contributed by atoms with Gasteiger partial charge >= 0.3 is 6.18 Å². The Labute approximate surface area is 89.9 Å². The smallest absolute Gasteiger partial charge is 0.392 e. The lowest BCUT2D eigenvalue weighted by Crippen LogP contribution is -2.16. The second-order valence-corrected chi connectivity index (χ2v) is 3.42. The van der Waals surface area contributed by atoms with Crippen LogP contribution in [-0.2, 0) is 6.18 Å². The summed E-state index contributed by atoms with van der Waals surface area (Å²) in [4.78, 5) is 0. The Kier molecular flexibility index (Phi) is 3.74. The van der Waals surface area contributed by atoms with Gasteiger partial charge in [-0.15, -0.1) is 0 Å². The number of anilines is 1. The Morgan fingerprint density at radius 1 is 1.38 bits per heavy atom. The summed E-state index contributed by atoms with van der Waals surface area (Å²) in [6, 6.07) is 2.09. The predicted octanol–water partition coefficient (Wildman–Crippen LogP) is 2.64. The molecule has 2 N–H and O–H groups in total. The average Bonchev–Trinajstić information content (AvgIpc) is 2.14. The number of alkyl halides is 3. The molecule has 0 aliphatic rings. The van der Waals surface area contributed by atoms with E-state index in [1.807, 2.05) is 0 Å². The van der Waals surface area contributed by atoms with Gasteiger partial charge in [-0.3, -0.25) is 0 Å². The summed E-state index contributed by atoms with van der Waals surface area (Å²) in [7, 11) is 0. The maximum atomic E-state index is 13.1. The van der Waals surface area contributed by atoms with Crippen molar-refractivity contribution in [3.05, 3.63) is 29.6 Å². The van der Waals surface area contributed by atoms with Crippen molar-refractivity contribution in [2.45, 2.75) is 19.2 Å². The van der Waals surface area contributed by atoms with Crippen molar-refractivity contribution >= 4 is 5.69 Å². The molecule has 0 fully saturated rings. The first-order valence-corrected chi connectivity index (χ1v) is 4.59. The molecule has 0 saturated heterocycles. The molecule has 90 valence electrons. The lowest BCUT2D eigenvalue weighted by Gasteiger charge is -2.12. The highest BCUT2D eigenvalue weighted by atomic mass is 19.4. The molecule has 0 amide bonds. The van der Waals surface area contributed by atoms with Crippen molar-refractivity contribution < 1.29 is 22.7 Å². The van der Waals surface area contributed by atoms with Crippen LogP contribution in [0.15, 0.2) is 18.2 Å². The van der Waals surface area contributed by atoms with Crippen LogP contribution in [0.2, 0.25) is 0 Å². The van der Waals surface area contributed by atoms with Crippen molar-refractivity contribution in [3.8, 4) is 0 Å². The Morgan fingerprint density at radius 3 is 2.50 bits per heavy atom. The van der Waals surface area contributed by atoms with E-state index in [0.29, 0.717) is 12.1 Å². The molecule has 0 aliphatic carbocycles. The van der Waals surface area contributed by atoms with E-state index in [2.05, 4.69) is 5.32 Å². The van der Waals surface area contributed by atoms with Gasteiger partial charge in [-0.25, -0.2) is 4.39 Å². The van der Waals surface area contributed by atoms with Crippen molar-refractivity contribution in [1.29, 1.82) is 0 Å². The number of rotatable bonds is 3. The summed E-state index contributed by atoms with van der Waals surface area (Å²) < 4.78 is 50.0. The molecule has 0 aromatic heterocycles. The minimum absolute atomic E-state index is 0.0156. The number of hydrogen-bond acceptors (Lipinski definition) is 2. The van der Waals surface area contributed by atoms with Gasteiger partial charge in [-0.1, -0.05) is 0 Å². The average molecular weight is 237 g/mol. The molecule has 0 bridgehead atoms. The molecular formula is C10H11F4NO. The van der Waals surface area contributed by atoms with Crippen molar-refractivity contribution in [3.63, 3.8) is 0 Å². The summed E-state index contributed by atoms with van der Waals surface area (Å²) in [6.45, 7) is 1.43. The first kappa shape index (κ1) is 12.8. The molecule has 16 heavy (non-hydrogen) atoms. The third-order valence-electron chi connectivity index (χ3n) is 1.88. The fourth-order valence-corrected chi connectivity index (χ4v) is 1.09. The summed E-state index contributed by atoms with van der Waals surface area (Å²) in [5.74, 6) is -0.784. The molecule has 0 aliphatic heterocycles. The van der Waals surface area contributed by atoms with Crippen LogP contribution in [0.4, 0.5) is 23.2 Å². The van der Waals surface area contributed by atoms with Gasteiger partial charge in [0.05, 0.1) is 17.4 Å². The minimum Gasteiger partial charge on any atom is -0.392 e. The topological polar surface area (TPSA) is 32.3 Å². The maximum absolute atomic E-state index is 13.1. The zero-order chi connectivity index (χ0) is 12.3. The fraction of sp³-hybridized carbons (Fsp3) is 0.400. The molecule has 1 atom stereocenters. The molecule has 0 radical (unpaired) electrons. The van der Waals surface area contributed by atoms with E-state index < -0.39 is 23.7 Å². The van der Waals surface area contributed by atoms with Gasteiger partial charge in [0, 0.05) is 6.54 Å². The van der Waals surface area contributed by atoms with E-state index in [1.54, 1.807) is 0 Å². The van der Waals surface area contributed by atoms with E-state index in [0.717, 1.165) is 6.07 Å². The minimum atomic E-state index is -4.50. The van der Waals surface area contributed by atoms with E-state index in [4.69, 9.17) is 5.11 Å². The molecule has 2 nitrogen and oxygen atoms in total. The highest BCUT2D eigenvalue weighted by Gasteiger charge is 2.31. The second-order valence-electron chi connectivity index (χ2n) is 3.42. The Hall–Kier alpha value is -1.30. The Balaban J connectivity index is 2.91. The maximum Gasteiger partial charge on any atom is 0.416 e. The van der Waals surface area contributed by atoms with Gasteiger partial charge in [0.25, 0.3) is 0 Å². The molecule has 1 rings (SSSR count). The van der Waals surface area contributed by atoms with E-state index in [9.17, 15) is 17.6 Å². The van der Waals surface area contributed by atoms with Gasteiger partial charge in [-0.05, 0) is 25.1 Å². The number of hydrogen-bond donors (Lipinski definition) is 2. The number of nitrogens with one attached hydrogen (secondary N) is 1. The van der Waals surface area contributed by atoms with Gasteiger partial charge in [0.15, 0.2) is 0 Å². The number of aliphatic hydroxyl groups excluding tert-OH is 1. The second kappa shape index (κ2) is 4.69.